The number of carbonyl (C=O) groups excluding carboxylic acids is 2. The zero-order valence-corrected chi connectivity index (χ0v) is 19.7. The second kappa shape index (κ2) is 10.2. The van der Waals surface area contributed by atoms with Crippen LogP contribution in [0.1, 0.15) is 53.4 Å². The van der Waals surface area contributed by atoms with Gasteiger partial charge < -0.3 is 0 Å². The Hall–Kier alpha value is -0.645. The molecule has 120 valence electrons. The van der Waals surface area contributed by atoms with Crippen molar-refractivity contribution in [3.63, 3.8) is 0 Å². The van der Waals surface area contributed by atoms with Gasteiger partial charge >= 0.3 is 146 Å². The van der Waals surface area contributed by atoms with E-state index in [1.807, 2.05) is 20.8 Å². The Kier molecular flexibility index (Phi) is 8.99. The van der Waals surface area contributed by atoms with Gasteiger partial charge in [0.1, 0.15) is 0 Å². The summed E-state index contributed by atoms with van der Waals surface area (Å²) < 4.78 is 11.5. The van der Waals surface area contributed by atoms with Crippen LogP contribution in [0.4, 0.5) is 0 Å². The van der Waals surface area contributed by atoms with E-state index in [-0.39, 0.29) is 21.5 Å². The van der Waals surface area contributed by atoms with Crippen LogP contribution in [-0.2, 0) is 43.6 Å². The first-order chi connectivity index (χ1) is 10.5. The molecule has 0 aromatic carbocycles. The van der Waals surface area contributed by atoms with Gasteiger partial charge in [-0.25, -0.2) is 0 Å². The summed E-state index contributed by atoms with van der Waals surface area (Å²) in [5, 5.41) is 0. The molecule has 0 spiro atoms. The Morgan fingerprint density at radius 3 is 2.55 bits per heavy atom. The number of esters is 2. The van der Waals surface area contributed by atoms with E-state index < -0.39 is 24.6 Å². The van der Waals surface area contributed by atoms with Gasteiger partial charge in [-0.1, -0.05) is 0 Å². The molecule has 0 aromatic rings. The Balaban J connectivity index is 2.36. The van der Waals surface area contributed by atoms with Crippen molar-refractivity contribution in [2.45, 2.75) is 57.0 Å². The van der Waals surface area contributed by atoms with E-state index in [9.17, 15) is 9.59 Å². The summed E-state index contributed by atoms with van der Waals surface area (Å²) in [6, 6.07) is 0. The fourth-order valence-corrected chi connectivity index (χ4v) is 7.09. The minimum absolute atomic E-state index is 0.0166. The summed E-state index contributed by atoms with van der Waals surface area (Å²) in [5.74, 6) is -0.287. The van der Waals surface area contributed by atoms with E-state index in [4.69, 9.17) is 9.47 Å². The van der Waals surface area contributed by atoms with Gasteiger partial charge in [0.25, 0.3) is 0 Å². The third-order valence-corrected chi connectivity index (χ3v) is 11.2. The molecule has 0 fully saturated rings. The van der Waals surface area contributed by atoms with Gasteiger partial charge in [-0.3, -0.25) is 0 Å². The molecule has 0 saturated heterocycles. The van der Waals surface area contributed by atoms with E-state index in [1.165, 1.54) is 0 Å². The molecule has 5 heteroatoms. The molecule has 0 amide bonds. The van der Waals surface area contributed by atoms with Crippen molar-refractivity contribution >= 4 is 11.9 Å². The number of hydrogen-bond acceptors (Lipinski definition) is 4. The number of ether oxygens (including phenoxy) is 2. The van der Waals surface area contributed by atoms with E-state index in [0.29, 0.717) is 9.69 Å². The van der Waals surface area contributed by atoms with E-state index >= 15 is 0 Å². The standard InChI is InChI=1S/C10H15O2.C7H11O2.Hg/c1-2-8-12-10(11)9-6-4-3-5-7-9;1-5(2)6(3)7(8)9-4;/h3-4,8-9H,2,5-7H2,1H3;4H2,1-3H3;. The fraction of sp³-hybridized carbons (Fsp3) is 0.647. The molecular weight excluding hydrogens is 469 g/mol. The van der Waals surface area contributed by atoms with E-state index in [1.54, 1.807) is 6.92 Å². The Labute approximate surface area is 145 Å². The van der Waals surface area contributed by atoms with Crippen molar-refractivity contribution in [1.29, 1.82) is 0 Å². The van der Waals surface area contributed by atoms with Gasteiger partial charge in [0.15, 0.2) is 0 Å². The Bertz CT molecular complexity index is 450. The summed E-state index contributed by atoms with van der Waals surface area (Å²) in [6.07, 6.45) is 7.64. The molecular formula is C17H26HgO4. The van der Waals surface area contributed by atoms with Crippen molar-refractivity contribution in [1.82, 2.24) is 0 Å². The van der Waals surface area contributed by atoms with Gasteiger partial charge in [0.05, 0.1) is 0 Å². The molecule has 4 nitrogen and oxygen atoms in total. The third-order valence-electron chi connectivity index (χ3n) is 4.07. The van der Waals surface area contributed by atoms with Crippen molar-refractivity contribution in [3.8, 4) is 0 Å². The third kappa shape index (κ3) is 6.63. The predicted molar refractivity (Wildman–Crippen MR) is 81.7 cm³/mol. The molecule has 1 aliphatic rings. The summed E-state index contributed by atoms with van der Waals surface area (Å²) in [6.45, 7) is 7.61. The van der Waals surface area contributed by atoms with Gasteiger partial charge in [-0.15, -0.1) is 0 Å². The molecule has 1 aliphatic carbocycles. The molecule has 0 aliphatic heterocycles. The number of rotatable bonds is 7. The second-order valence-corrected chi connectivity index (χ2v) is 13.4. The van der Waals surface area contributed by atoms with Gasteiger partial charge in [0.2, 0.25) is 0 Å². The summed E-state index contributed by atoms with van der Waals surface area (Å²) in [7, 11) is 0. The van der Waals surface area contributed by atoms with Crippen LogP contribution in [0.5, 0.6) is 0 Å². The maximum absolute atomic E-state index is 12.1. The summed E-state index contributed by atoms with van der Waals surface area (Å²) >= 11 is -1.58. The average Bonchev–Trinajstić information content (AvgIpc) is 2.53. The summed E-state index contributed by atoms with van der Waals surface area (Å²) in [5.41, 5.74) is 1.65. The first-order valence-electron chi connectivity index (χ1n) is 8.12. The average molecular weight is 495 g/mol. The Morgan fingerprint density at radius 2 is 2.00 bits per heavy atom. The van der Waals surface area contributed by atoms with Crippen LogP contribution in [0.3, 0.4) is 0 Å². The molecule has 0 aromatic heterocycles. The van der Waals surface area contributed by atoms with Crippen LogP contribution in [0.15, 0.2) is 23.3 Å². The van der Waals surface area contributed by atoms with Gasteiger partial charge in [0, 0.05) is 0 Å². The van der Waals surface area contributed by atoms with Crippen LogP contribution in [-0.4, -0.2) is 19.7 Å². The van der Waals surface area contributed by atoms with E-state index in [2.05, 4.69) is 12.2 Å². The second-order valence-electron chi connectivity index (χ2n) is 6.00. The zero-order valence-electron chi connectivity index (χ0n) is 14.2. The van der Waals surface area contributed by atoms with Crippen molar-refractivity contribution in [2.24, 2.45) is 5.92 Å². The molecule has 0 bridgehead atoms. The van der Waals surface area contributed by atoms with Gasteiger partial charge in [-0.2, -0.15) is 0 Å². The van der Waals surface area contributed by atoms with Crippen molar-refractivity contribution in [3.05, 3.63) is 23.3 Å². The molecule has 2 atom stereocenters. The summed E-state index contributed by atoms with van der Waals surface area (Å²) in [4.78, 5) is 23.9. The number of allylic oxidation sites excluding steroid dienone is 3. The minimum atomic E-state index is -1.58. The molecule has 22 heavy (non-hydrogen) atoms. The Morgan fingerprint density at radius 1 is 1.27 bits per heavy atom. The zero-order chi connectivity index (χ0) is 16.5. The molecule has 0 saturated carbocycles. The monoisotopic (exact) mass is 496 g/mol. The van der Waals surface area contributed by atoms with Crippen LogP contribution in [0, 0.1) is 5.92 Å². The van der Waals surface area contributed by atoms with Crippen LogP contribution in [0.25, 0.3) is 0 Å². The van der Waals surface area contributed by atoms with Crippen molar-refractivity contribution in [2.75, 3.05) is 4.12 Å². The van der Waals surface area contributed by atoms with Crippen molar-refractivity contribution < 1.29 is 43.6 Å². The quantitative estimate of drug-likeness (QED) is 0.235. The first-order valence-corrected chi connectivity index (χ1v) is 15.2. The molecule has 2 unspecified atom stereocenters. The van der Waals surface area contributed by atoms with Crippen LogP contribution in [0.2, 0.25) is 0 Å². The SMILES string of the molecule is CC[CH](OC(=O)C1CC=CCC1)[Hg][CH2]OC(=O)C(C)=C(C)C. The fourth-order valence-electron chi connectivity index (χ4n) is 2.21. The first kappa shape index (κ1) is 19.4. The normalized spacial score (nSPS) is 18.1. The maximum atomic E-state index is 12.1. The molecule has 1 rings (SSSR count). The van der Waals surface area contributed by atoms with Crippen LogP contribution >= 0.6 is 0 Å². The predicted octanol–water partition coefficient (Wildman–Crippen LogP) is 3.56. The molecule has 0 N–H and O–H groups in total. The number of carbonyl (C=O) groups is 2. The van der Waals surface area contributed by atoms with Crippen LogP contribution < -0.4 is 0 Å². The van der Waals surface area contributed by atoms with E-state index in [0.717, 1.165) is 31.3 Å². The topological polar surface area (TPSA) is 52.6 Å². The molecule has 0 heterocycles. The molecule has 0 radical (unpaired) electrons. The number of hydrogen-bond donors (Lipinski definition) is 0. The van der Waals surface area contributed by atoms with Gasteiger partial charge in [-0.05, 0) is 0 Å².